The van der Waals surface area contributed by atoms with Crippen LogP contribution in [-0.4, -0.2) is 29.8 Å². The average molecular weight is 346 g/mol. The highest BCUT2D eigenvalue weighted by Gasteiger charge is 2.27. The molecule has 102 valence electrons. The van der Waals surface area contributed by atoms with Gasteiger partial charge in [-0.1, -0.05) is 27.5 Å². The molecule has 1 aromatic rings. The molecular formula is C13H14BrClN2O2. The molecular weight excluding hydrogens is 332 g/mol. The van der Waals surface area contributed by atoms with Crippen molar-refractivity contribution in [2.75, 3.05) is 13.1 Å². The minimum Gasteiger partial charge on any atom is -0.369 e. The number of nitrogens with two attached hydrogens (primary N) is 1. The highest BCUT2D eigenvalue weighted by Crippen LogP contribution is 2.23. The Balaban J connectivity index is 2.16. The Kier molecular flexibility index (Phi) is 4.47. The molecule has 1 saturated heterocycles. The van der Waals surface area contributed by atoms with Gasteiger partial charge < -0.3 is 10.6 Å². The van der Waals surface area contributed by atoms with Gasteiger partial charge in [-0.3, -0.25) is 9.59 Å². The maximum absolute atomic E-state index is 12.4. The summed E-state index contributed by atoms with van der Waals surface area (Å²) >= 11 is 9.25. The molecule has 1 aromatic carbocycles. The normalized spacial score (nSPS) is 19.3. The zero-order chi connectivity index (χ0) is 14.0. The third-order valence-electron chi connectivity index (χ3n) is 3.22. The van der Waals surface area contributed by atoms with Gasteiger partial charge in [-0.25, -0.2) is 0 Å². The standard InChI is InChI=1S/C13H14BrClN2O2/c14-10-4-9(5-11(15)6-10)13(19)17-3-1-2-8(7-17)12(16)18/h4-6,8H,1-3,7H2,(H2,16,18). The molecule has 6 heteroatoms. The summed E-state index contributed by atoms with van der Waals surface area (Å²) in [5.41, 5.74) is 5.83. The lowest BCUT2D eigenvalue weighted by Crippen LogP contribution is -2.44. The molecule has 0 aromatic heterocycles. The Morgan fingerprint density at radius 1 is 1.37 bits per heavy atom. The Hall–Kier alpha value is -1.07. The number of hydrogen-bond acceptors (Lipinski definition) is 2. The molecule has 2 rings (SSSR count). The molecule has 1 unspecified atom stereocenters. The Morgan fingerprint density at radius 2 is 2.11 bits per heavy atom. The lowest BCUT2D eigenvalue weighted by atomic mass is 9.97. The summed E-state index contributed by atoms with van der Waals surface area (Å²) in [5, 5.41) is 0.501. The molecule has 0 aliphatic carbocycles. The summed E-state index contributed by atoms with van der Waals surface area (Å²) in [6, 6.07) is 5.07. The van der Waals surface area contributed by atoms with E-state index >= 15 is 0 Å². The molecule has 1 aliphatic heterocycles. The van der Waals surface area contributed by atoms with Crippen LogP contribution in [0.5, 0.6) is 0 Å². The predicted octanol–water partition coefficient (Wildman–Crippen LogP) is 2.44. The third-order valence-corrected chi connectivity index (χ3v) is 3.90. The fraction of sp³-hybridized carbons (Fsp3) is 0.385. The largest absolute Gasteiger partial charge is 0.369 e. The van der Waals surface area contributed by atoms with Crippen molar-refractivity contribution in [3.63, 3.8) is 0 Å². The van der Waals surface area contributed by atoms with Gasteiger partial charge in [0.05, 0.1) is 5.92 Å². The zero-order valence-electron chi connectivity index (χ0n) is 10.2. The molecule has 1 aliphatic rings. The van der Waals surface area contributed by atoms with E-state index in [0.29, 0.717) is 23.7 Å². The van der Waals surface area contributed by atoms with Crippen LogP contribution < -0.4 is 5.73 Å². The number of benzene rings is 1. The van der Waals surface area contributed by atoms with Crippen LogP contribution in [0, 0.1) is 5.92 Å². The number of carbonyl (C=O) groups is 2. The van der Waals surface area contributed by atoms with Crippen molar-refractivity contribution in [1.82, 2.24) is 4.90 Å². The number of hydrogen-bond donors (Lipinski definition) is 1. The van der Waals surface area contributed by atoms with Gasteiger partial charge in [0.1, 0.15) is 0 Å². The first-order chi connectivity index (χ1) is 8.97. The van der Waals surface area contributed by atoms with E-state index in [9.17, 15) is 9.59 Å². The summed E-state index contributed by atoms with van der Waals surface area (Å²) in [4.78, 5) is 25.3. The van der Waals surface area contributed by atoms with E-state index in [4.69, 9.17) is 17.3 Å². The second kappa shape index (κ2) is 5.92. The quantitative estimate of drug-likeness (QED) is 0.895. The first-order valence-corrected chi connectivity index (χ1v) is 7.19. The van der Waals surface area contributed by atoms with Crippen LogP contribution in [0.2, 0.25) is 5.02 Å². The molecule has 0 spiro atoms. The molecule has 0 saturated carbocycles. The molecule has 1 fully saturated rings. The number of amides is 2. The van der Waals surface area contributed by atoms with Gasteiger partial charge in [-0.2, -0.15) is 0 Å². The fourth-order valence-electron chi connectivity index (χ4n) is 2.25. The minimum atomic E-state index is -0.343. The Labute approximate surface area is 125 Å². The van der Waals surface area contributed by atoms with Crippen LogP contribution in [0.3, 0.4) is 0 Å². The average Bonchev–Trinajstić information content (AvgIpc) is 2.37. The topological polar surface area (TPSA) is 63.4 Å². The van der Waals surface area contributed by atoms with E-state index in [1.165, 1.54) is 0 Å². The maximum Gasteiger partial charge on any atom is 0.253 e. The van der Waals surface area contributed by atoms with Gasteiger partial charge in [0, 0.05) is 28.1 Å². The van der Waals surface area contributed by atoms with Gasteiger partial charge in [0.15, 0.2) is 0 Å². The smallest absolute Gasteiger partial charge is 0.253 e. The minimum absolute atomic E-state index is 0.117. The highest BCUT2D eigenvalue weighted by molar-refractivity contribution is 9.10. The van der Waals surface area contributed by atoms with Crippen LogP contribution in [0.4, 0.5) is 0 Å². The van der Waals surface area contributed by atoms with E-state index in [1.54, 1.807) is 23.1 Å². The first-order valence-electron chi connectivity index (χ1n) is 6.02. The van der Waals surface area contributed by atoms with Gasteiger partial charge in [0.2, 0.25) is 5.91 Å². The Bertz CT molecular complexity index is 501. The highest BCUT2D eigenvalue weighted by atomic mass is 79.9. The van der Waals surface area contributed by atoms with Crippen LogP contribution in [-0.2, 0) is 4.79 Å². The van der Waals surface area contributed by atoms with Crippen LogP contribution >= 0.6 is 27.5 Å². The molecule has 4 nitrogen and oxygen atoms in total. The summed E-state index contributed by atoms with van der Waals surface area (Å²) in [6.45, 7) is 1.03. The molecule has 2 N–H and O–H groups in total. The molecule has 0 bridgehead atoms. The summed E-state index contributed by atoms with van der Waals surface area (Å²) in [5.74, 6) is -0.709. The van der Waals surface area contributed by atoms with Crippen molar-refractivity contribution in [2.24, 2.45) is 11.7 Å². The fourth-order valence-corrected chi connectivity index (χ4v) is 3.11. The molecule has 1 heterocycles. The number of piperidine rings is 1. The van der Waals surface area contributed by atoms with E-state index in [0.717, 1.165) is 17.3 Å². The number of primary amides is 1. The predicted molar refractivity (Wildman–Crippen MR) is 77.0 cm³/mol. The van der Waals surface area contributed by atoms with E-state index < -0.39 is 0 Å². The van der Waals surface area contributed by atoms with Gasteiger partial charge in [0.25, 0.3) is 5.91 Å². The molecule has 2 amide bonds. The number of rotatable bonds is 2. The number of nitrogens with zero attached hydrogens (tertiary/aromatic N) is 1. The lowest BCUT2D eigenvalue weighted by molar-refractivity contribution is -0.123. The first kappa shape index (κ1) is 14.3. The van der Waals surface area contributed by atoms with Gasteiger partial charge >= 0.3 is 0 Å². The van der Waals surface area contributed by atoms with Crippen molar-refractivity contribution in [3.8, 4) is 0 Å². The zero-order valence-corrected chi connectivity index (χ0v) is 12.6. The van der Waals surface area contributed by atoms with E-state index in [2.05, 4.69) is 15.9 Å². The van der Waals surface area contributed by atoms with Crippen LogP contribution in [0.15, 0.2) is 22.7 Å². The number of likely N-dealkylation sites (tertiary alicyclic amines) is 1. The monoisotopic (exact) mass is 344 g/mol. The van der Waals surface area contributed by atoms with Crippen molar-refractivity contribution in [3.05, 3.63) is 33.3 Å². The third kappa shape index (κ3) is 3.48. The van der Waals surface area contributed by atoms with Crippen LogP contribution in [0.1, 0.15) is 23.2 Å². The van der Waals surface area contributed by atoms with Crippen molar-refractivity contribution < 1.29 is 9.59 Å². The lowest BCUT2D eigenvalue weighted by Gasteiger charge is -2.31. The van der Waals surface area contributed by atoms with Gasteiger partial charge in [-0.15, -0.1) is 0 Å². The molecule has 1 atom stereocenters. The number of carbonyl (C=O) groups excluding carboxylic acids is 2. The second-order valence-electron chi connectivity index (χ2n) is 4.65. The Morgan fingerprint density at radius 3 is 2.74 bits per heavy atom. The summed E-state index contributed by atoms with van der Waals surface area (Å²) in [6.07, 6.45) is 1.54. The van der Waals surface area contributed by atoms with Crippen molar-refractivity contribution in [2.45, 2.75) is 12.8 Å². The SMILES string of the molecule is NC(=O)C1CCCN(C(=O)c2cc(Cl)cc(Br)c2)C1. The van der Waals surface area contributed by atoms with E-state index in [-0.39, 0.29) is 17.7 Å². The second-order valence-corrected chi connectivity index (χ2v) is 6.00. The molecule has 0 radical (unpaired) electrons. The summed E-state index contributed by atoms with van der Waals surface area (Å²) < 4.78 is 0.756. The number of halogens is 2. The van der Waals surface area contributed by atoms with Crippen molar-refractivity contribution >= 4 is 39.3 Å². The van der Waals surface area contributed by atoms with Crippen LogP contribution in [0.25, 0.3) is 0 Å². The maximum atomic E-state index is 12.4. The van der Waals surface area contributed by atoms with Crippen molar-refractivity contribution in [1.29, 1.82) is 0 Å². The summed E-state index contributed by atoms with van der Waals surface area (Å²) in [7, 11) is 0. The van der Waals surface area contributed by atoms with Gasteiger partial charge in [-0.05, 0) is 31.0 Å². The molecule has 19 heavy (non-hydrogen) atoms. The van der Waals surface area contributed by atoms with E-state index in [1.807, 2.05) is 0 Å².